The van der Waals surface area contributed by atoms with Crippen molar-refractivity contribution in [1.82, 2.24) is 5.32 Å². The first-order chi connectivity index (χ1) is 7.13. The normalized spacial score (nSPS) is 24.3. The van der Waals surface area contributed by atoms with E-state index in [-0.39, 0.29) is 30.8 Å². The van der Waals surface area contributed by atoms with Gasteiger partial charge >= 0.3 is 5.97 Å². The number of carboxylic acid groups (broad SMARTS) is 1. The van der Waals surface area contributed by atoms with Gasteiger partial charge in [0.2, 0.25) is 5.91 Å². The Balaban J connectivity index is 0.00000225. The molecule has 1 aliphatic carbocycles. The minimum atomic E-state index is -0.695. The highest BCUT2D eigenvalue weighted by molar-refractivity contribution is 5.85. The van der Waals surface area contributed by atoms with Gasteiger partial charge in [-0.1, -0.05) is 0 Å². The van der Waals surface area contributed by atoms with Gasteiger partial charge in [-0.3, -0.25) is 9.59 Å². The molecule has 1 aliphatic rings. The summed E-state index contributed by atoms with van der Waals surface area (Å²) in [5, 5.41) is 11.5. The molecule has 0 aliphatic heterocycles. The number of hydrogen-bond acceptors (Lipinski definition) is 3. The lowest BCUT2D eigenvalue weighted by atomic mass is 9.82. The Morgan fingerprint density at radius 3 is 2.25 bits per heavy atom. The topological polar surface area (TPSA) is 92.4 Å². The lowest BCUT2D eigenvalue weighted by Gasteiger charge is -2.26. The summed E-state index contributed by atoms with van der Waals surface area (Å²) in [4.78, 5) is 21.6. The number of nitrogens with two attached hydrogens (primary N) is 1. The summed E-state index contributed by atoms with van der Waals surface area (Å²) >= 11 is 0. The molecule has 1 amide bonds. The second-order valence-corrected chi connectivity index (χ2v) is 4.06. The van der Waals surface area contributed by atoms with Crippen LogP contribution in [0.5, 0.6) is 0 Å². The molecule has 0 atom stereocenters. The smallest absolute Gasteiger partial charge is 0.306 e. The van der Waals surface area contributed by atoms with Gasteiger partial charge in [-0.25, -0.2) is 0 Å². The fourth-order valence-corrected chi connectivity index (χ4v) is 1.94. The molecule has 0 radical (unpaired) electrons. The maximum atomic E-state index is 10.9. The molecule has 1 fully saturated rings. The summed E-state index contributed by atoms with van der Waals surface area (Å²) in [5.74, 6) is -0.614. The molecule has 4 N–H and O–H groups in total. The van der Waals surface area contributed by atoms with Crippen molar-refractivity contribution in [3.63, 3.8) is 0 Å². The van der Waals surface area contributed by atoms with Crippen LogP contribution in [0.4, 0.5) is 0 Å². The fraction of sp³-hybridized carbons (Fsp3) is 0.800. The number of aliphatic carboxylic acids is 1. The molecule has 0 aromatic carbocycles. The zero-order valence-electron chi connectivity index (χ0n) is 9.15. The van der Waals surface area contributed by atoms with Gasteiger partial charge in [-0.15, -0.1) is 12.4 Å². The number of nitrogens with one attached hydrogen (secondary N) is 1. The molecule has 0 heterocycles. The standard InChI is InChI=1S/C10H18N2O3.ClH/c11-5-9(13)12-6-7-1-3-8(4-2-7)10(14)15;/h7-8H,1-6,11H2,(H,12,13)(H,14,15);1H/t7-,8-;. The Morgan fingerprint density at radius 2 is 1.81 bits per heavy atom. The zero-order valence-corrected chi connectivity index (χ0v) is 9.96. The van der Waals surface area contributed by atoms with Gasteiger partial charge in [0.05, 0.1) is 12.5 Å². The van der Waals surface area contributed by atoms with E-state index >= 15 is 0 Å². The minimum absolute atomic E-state index is 0. The van der Waals surface area contributed by atoms with Crippen molar-refractivity contribution < 1.29 is 14.7 Å². The molecule has 0 unspecified atom stereocenters. The molecule has 94 valence electrons. The maximum Gasteiger partial charge on any atom is 0.306 e. The number of halogens is 1. The van der Waals surface area contributed by atoms with Crippen LogP contribution >= 0.6 is 12.4 Å². The van der Waals surface area contributed by atoms with Gasteiger partial charge < -0.3 is 16.2 Å². The molecule has 16 heavy (non-hydrogen) atoms. The van der Waals surface area contributed by atoms with Crippen LogP contribution in [-0.4, -0.2) is 30.1 Å². The number of rotatable bonds is 4. The van der Waals surface area contributed by atoms with Crippen LogP contribution in [-0.2, 0) is 9.59 Å². The van der Waals surface area contributed by atoms with Crippen molar-refractivity contribution in [2.24, 2.45) is 17.6 Å². The van der Waals surface area contributed by atoms with Crippen molar-refractivity contribution in [3.8, 4) is 0 Å². The van der Waals surface area contributed by atoms with Crippen LogP contribution in [0.1, 0.15) is 25.7 Å². The predicted molar refractivity (Wildman–Crippen MR) is 62.4 cm³/mol. The summed E-state index contributed by atoms with van der Waals surface area (Å²) in [5.41, 5.74) is 5.16. The lowest BCUT2D eigenvalue weighted by Crippen LogP contribution is -2.35. The van der Waals surface area contributed by atoms with Crippen molar-refractivity contribution in [3.05, 3.63) is 0 Å². The van der Waals surface area contributed by atoms with Crippen LogP contribution in [0, 0.1) is 11.8 Å². The largest absolute Gasteiger partial charge is 0.481 e. The number of amides is 1. The number of carbonyl (C=O) groups excluding carboxylic acids is 1. The predicted octanol–water partition coefficient (Wildman–Crippen LogP) is 0.374. The van der Waals surface area contributed by atoms with Gasteiger partial charge in [0.1, 0.15) is 0 Å². The number of carboxylic acids is 1. The highest BCUT2D eigenvalue weighted by Gasteiger charge is 2.25. The van der Waals surface area contributed by atoms with Crippen molar-refractivity contribution in [2.75, 3.05) is 13.1 Å². The van der Waals surface area contributed by atoms with Gasteiger partial charge in [0, 0.05) is 6.54 Å². The fourth-order valence-electron chi connectivity index (χ4n) is 1.94. The molecule has 0 saturated heterocycles. The molecule has 0 aromatic rings. The number of carbonyl (C=O) groups is 2. The van der Waals surface area contributed by atoms with Gasteiger partial charge in [0.15, 0.2) is 0 Å². The Labute approximate surface area is 101 Å². The molecule has 0 aromatic heterocycles. The first-order valence-corrected chi connectivity index (χ1v) is 5.33. The third-order valence-electron chi connectivity index (χ3n) is 2.97. The highest BCUT2D eigenvalue weighted by Crippen LogP contribution is 2.28. The Bertz CT molecular complexity index is 240. The molecular formula is C10H19ClN2O3. The molecule has 1 saturated carbocycles. The first-order valence-electron chi connectivity index (χ1n) is 5.33. The summed E-state index contributed by atoms with van der Waals surface area (Å²) in [6.07, 6.45) is 3.20. The van der Waals surface area contributed by atoms with Crippen LogP contribution in [0.15, 0.2) is 0 Å². The second-order valence-electron chi connectivity index (χ2n) is 4.06. The Kier molecular flexibility index (Phi) is 7.08. The molecule has 0 bridgehead atoms. The molecular weight excluding hydrogens is 232 g/mol. The maximum absolute atomic E-state index is 10.9. The third-order valence-corrected chi connectivity index (χ3v) is 2.97. The molecule has 5 nitrogen and oxygen atoms in total. The summed E-state index contributed by atoms with van der Waals surface area (Å²) in [6.45, 7) is 0.646. The average Bonchev–Trinajstić information content (AvgIpc) is 2.26. The molecule has 0 spiro atoms. The van der Waals surface area contributed by atoms with Gasteiger partial charge in [-0.05, 0) is 31.6 Å². The second kappa shape index (κ2) is 7.46. The van der Waals surface area contributed by atoms with Crippen molar-refractivity contribution in [2.45, 2.75) is 25.7 Å². The quantitative estimate of drug-likeness (QED) is 0.672. The van der Waals surface area contributed by atoms with E-state index in [4.69, 9.17) is 10.8 Å². The van der Waals surface area contributed by atoms with Crippen LogP contribution in [0.3, 0.4) is 0 Å². The SMILES string of the molecule is Cl.NCC(=O)NC[C@H]1CC[C@H](C(=O)O)CC1. The van der Waals surface area contributed by atoms with Crippen LogP contribution < -0.4 is 11.1 Å². The summed E-state index contributed by atoms with van der Waals surface area (Å²) in [6, 6.07) is 0. The lowest BCUT2D eigenvalue weighted by molar-refractivity contribution is -0.143. The summed E-state index contributed by atoms with van der Waals surface area (Å²) in [7, 11) is 0. The monoisotopic (exact) mass is 250 g/mol. The van der Waals surface area contributed by atoms with E-state index in [1.54, 1.807) is 0 Å². The summed E-state index contributed by atoms with van der Waals surface area (Å²) < 4.78 is 0. The minimum Gasteiger partial charge on any atom is -0.481 e. The Hall–Kier alpha value is -0.810. The van der Waals surface area contributed by atoms with E-state index in [2.05, 4.69) is 5.32 Å². The van der Waals surface area contributed by atoms with Crippen LogP contribution in [0.2, 0.25) is 0 Å². The van der Waals surface area contributed by atoms with Gasteiger partial charge in [-0.2, -0.15) is 0 Å². The van der Waals surface area contributed by atoms with Crippen molar-refractivity contribution in [1.29, 1.82) is 0 Å². The third kappa shape index (κ3) is 4.81. The van der Waals surface area contributed by atoms with E-state index in [0.717, 1.165) is 25.7 Å². The highest BCUT2D eigenvalue weighted by atomic mass is 35.5. The zero-order chi connectivity index (χ0) is 11.3. The first kappa shape index (κ1) is 15.2. The van der Waals surface area contributed by atoms with E-state index in [9.17, 15) is 9.59 Å². The van der Waals surface area contributed by atoms with E-state index < -0.39 is 5.97 Å². The van der Waals surface area contributed by atoms with E-state index in [0.29, 0.717) is 12.5 Å². The van der Waals surface area contributed by atoms with E-state index in [1.807, 2.05) is 0 Å². The number of hydrogen-bond donors (Lipinski definition) is 3. The molecule has 1 rings (SSSR count). The molecule has 6 heteroatoms. The van der Waals surface area contributed by atoms with Gasteiger partial charge in [0.25, 0.3) is 0 Å². The van der Waals surface area contributed by atoms with Crippen LogP contribution in [0.25, 0.3) is 0 Å². The average molecular weight is 251 g/mol. The van der Waals surface area contributed by atoms with E-state index in [1.165, 1.54) is 0 Å². The van der Waals surface area contributed by atoms with Crippen molar-refractivity contribution >= 4 is 24.3 Å². The Morgan fingerprint density at radius 1 is 1.25 bits per heavy atom.